The molecule has 4 aromatic rings. The highest BCUT2D eigenvalue weighted by Crippen LogP contribution is 2.22. The number of hydrogen-bond acceptors (Lipinski definition) is 3. The Balaban J connectivity index is 1.59. The summed E-state index contributed by atoms with van der Waals surface area (Å²) in [4.78, 5) is 12.5. The summed E-state index contributed by atoms with van der Waals surface area (Å²) in [5, 5.41) is 5.27. The third-order valence-electron chi connectivity index (χ3n) is 5.14. The van der Waals surface area contributed by atoms with Crippen molar-refractivity contribution in [3.05, 3.63) is 101 Å². The Labute approximate surface area is 175 Å². The number of carbonyl (C=O) groups excluding carboxylic acids is 1. The summed E-state index contributed by atoms with van der Waals surface area (Å²) in [7, 11) is 1.54. The van der Waals surface area contributed by atoms with Crippen LogP contribution in [0.25, 0.3) is 10.9 Å². The molecule has 0 atom stereocenters. The normalized spacial score (nSPS) is 11.1. The minimum Gasteiger partial charge on any atom is -0.496 e. The molecule has 0 aliphatic rings. The van der Waals surface area contributed by atoms with Crippen molar-refractivity contribution >= 4 is 23.0 Å². The lowest BCUT2D eigenvalue weighted by Crippen LogP contribution is -2.18. The number of aromatic nitrogens is 1. The van der Waals surface area contributed by atoms with E-state index in [0.717, 1.165) is 23.0 Å². The standard InChI is InChI=1S/C25H23N3O2/c1-18-9-3-4-10-19(18)16-28-17-20(21-11-5-7-13-23(21)28)15-26-27-25(29)22-12-6-8-14-24(22)30-2/h3-15,17H,16H2,1-2H3,(H,27,29)/b26-15+. The van der Waals surface area contributed by atoms with Gasteiger partial charge in [0.25, 0.3) is 5.91 Å². The van der Waals surface area contributed by atoms with Crippen LogP contribution in [-0.4, -0.2) is 23.8 Å². The first-order chi connectivity index (χ1) is 14.7. The molecule has 5 heteroatoms. The van der Waals surface area contributed by atoms with Gasteiger partial charge < -0.3 is 9.30 Å². The first kappa shape index (κ1) is 19.5. The molecule has 150 valence electrons. The van der Waals surface area contributed by atoms with Crippen molar-refractivity contribution in [1.29, 1.82) is 0 Å². The van der Waals surface area contributed by atoms with Gasteiger partial charge in [-0.3, -0.25) is 4.79 Å². The minimum atomic E-state index is -0.313. The highest BCUT2D eigenvalue weighted by Gasteiger charge is 2.11. The van der Waals surface area contributed by atoms with Gasteiger partial charge in [-0.1, -0.05) is 54.6 Å². The van der Waals surface area contributed by atoms with Crippen LogP contribution in [0.4, 0.5) is 0 Å². The van der Waals surface area contributed by atoms with Gasteiger partial charge in [0.05, 0.1) is 18.9 Å². The average molecular weight is 397 g/mol. The van der Waals surface area contributed by atoms with Crippen molar-refractivity contribution in [1.82, 2.24) is 9.99 Å². The van der Waals surface area contributed by atoms with Gasteiger partial charge in [-0.05, 0) is 36.2 Å². The number of fused-ring (bicyclic) bond motifs is 1. The molecule has 3 aromatic carbocycles. The van der Waals surface area contributed by atoms with Gasteiger partial charge in [-0.25, -0.2) is 5.43 Å². The number of hydrogen-bond donors (Lipinski definition) is 1. The highest BCUT2D eigenvalue weighted by atomic mass is 16.5. The molecule has 1 amide bonds. The fourth-order valence-corrected chi connectivity index (χ4v) is 3.53. The molecule has 0 saturated carbocycles. The van der Waals surface area contributed by atoms with Gasteiger partial charge in [-0.15, -0.1) is 0 Å². The molecule has 0 fully saturated rings. The van der Waals surface area contributed by atoms with E-state index >= 15 is 0 Å². The number of para-hydroxylation sites is 2. The zero-order valence-corrected chi connectivity index (χ0v) is 17.0. The molecule has 30 heavy (non-hydrogen) atoms. The summed E-state index contributed by atoms with van der Waals surface area (Å²) in [6.45, 7) is 2.89. The van der Waals surface area contributed by atoms with Crippen LogP contribution < -0.4 is 10.2 Å². The fourth-order valence-electron chi connectivity index (χ4n) is 3.53. The third kappa shape index (κ3) is 3.96. The molecule has 1 N–H and O–H groups in total. The van der Waals surface area contributed by atoms with Crippen LogP contribution in [0.1, 0.15) is 27.0 Å². The Morgan fingerprint density at radius 1 is 1.03 bits per heavy atom. The molecule has 0 saturated heterocycles. The lowest BCUT2D eigenvalue weighted by atomic mass is 10.1. The second-order valence-corrected chi connectivity index (χ2v) is 7.06. The van der Waals surface area contributed by atoms with Crippen LogP contribution in [-0.2, 0) is 6.54 Å². The maximum Gasteiger partial charge on any atom is 0.275 e. The summed E-state index contributed by atoms with van der Waals surface area (Å²) in [5.74, 6) is 0.201. The van der Waals surface area contributed by atoms with Crippen LogP contribution >= 0.6 is 0 Å². The van der Waals surface area contributed by atoms with E-state index in [-0.39, 0.29) is 5.91 Å². The fraction of sp³-hybridized carbons (Fsp3) is 0.120. The number of carbonyl (C=O) groups is 1. The summed E-state index contributed by atoms with van der Waals surface area (Å²) in [6.07, 6.45) is 3.75. The molecule has 0 spiro atoms. The van der Waals surface area contributed by atoms with Crippen molar-refractivity contribution in [3.8, 4) is 5.75 Å². The number of amides is 1. The molecular weight excluding hydrogens is 374 g/mol. The first-order valence-electron chi connectivity index (χ1n) is 9.76. The largest absolute Gasteiger partial charge is 0.496 e. The molecular formula is C25H23N3O2. The summed E-state index contributed by atoms with van der Waals surface area (Å²) >= 11 is 0. The maximum atomic E-state index is 12.5. The van der Waals surface area contributed by atoms with Crippen molar-refractivity contribution in [2.24, 2.45) is 5.10 Å². The number of methoxy groups -OCH3 is 1. The number of aryl methyl sites for hydroxylation is 1. The monoisotopic (exact) mass is 397 g/mol. The molecule has 0 unspecified atom stereocenters. The van der Waals surface area contributed by atoms with E-state index in [1.807, 2.05) is 18.2 Å². The van der Waals surface area contributed by atoms with E-state index in [1.165, 1.54) is 11.1 Å². The SMILES string of the molecule is COc1ccccc1C(=O)N/N=C/c1cn(Cc2ccccc2C)c2ccccc12. The average Bonchev–Trinajstić information content (AvgIpc) is 3.13. The maximum absolute atomic E-state index is 12.5. The Morgan fingerprint density at radius 3 is 2.60 bits per heavy atom. The number of rotatable bonds is 6. The lowest BCUT2D eigenvalue weighted by Gasteiger charge is -2.08. The Kier molecular flexibility index (Phi) is 5.61. The number of benzene rings is 3. The van der Waals surface area contributed by atoms with Crippen molar-refractivity contribution in [3.63, 3.8) is 0 Å². The highest BCUT2D eigenvalue weighted by molar-refractivity contribution is 6.01. The molecule has 0 bridgehead atoms. The van der Waals surface area contributed by atoms with Gasteiger partial charge >= 0.3 is 0 Å². The van der Waals surface area contributed by atoms with E-state index in [2.05, 4.69) is 64.6 Å². The van der Waals surface area contributed by atoms with E-state index in [9.17, 15) is 4.79 Å². The number of nitrogens with one attached hydrogen (secondary N) is 1. The lowest BCUT2D eigenvalue weighted by molar-refractivity contribution is 0.0952. The van der Waals surface area contributed by atoms with Gasteiger partial charge in [0.2, 0.25) is 0 Å². The molecule has 0 aliphatic carbocycles. The van der Waals surface area contributed by atoms with E-state index < -0.39 is 0 Å². The quantitative estimate of drug-likeness (QED) is 0.376. The van der Waals surface area contributed by atoms with Gasteiger partial charge in [-0.2, -0.15) is 5.10 Å². The Bertz CT molecular complexity index is 1220. The van der Waals surface area contributed by atoms with Crippen LogP contribution in [0.5, 0.6) is 5.75 Å². The zero-order valence-electron chi connectivity index (χ0n) is 17.0. The summed E-state index contributed by atoms with van der Waals surface area (Å²) in [6, 6.07) is 23.6. The third-order valence-corrected chi connectivity index (χ3v) is 5.14. The molecule has 5 nitrogen and oxygen atoms in total. The number of hydrazone groups is 1. The van der Waals surface area contributed by atoms with Crippen molar-refractivity contribution < 1.29 is 9.53 Å². The van der Waals surface area contributed by atoms with Crippen LogP contribution in [0.2, 0.25) is 0 Å². The second kappa shape index (κ2) is 8.66. The zero-order chi connectivity index (χ0) is 20.9. The predicted octanol–water partition coefficient (Wildman–Crippen LogP) is 4.77. The molecule has 0 radical (unpaired) electrons. The van der Waals surface area contributed by atoms with Crippen LogP contribution in [0.3, 0.4) is 0 Å². The Morgan fingerprint density at radius 2 is 1.77 bits per heavy atom. The first-order valence-corrected chi connectivity index (χ1v) is 9.76. The van der Waals surface area contributed by atoms with Gasteiger partial charge in [0.1, 0.15) is 5.75 Å². The van der Waals surface area contributed by atoms with Crippen LogP contribution in [0, 0.1) is 6.92 Å². The molecule has 0 aliphatic heterocycles. The van der Waals surface area contributed by atoms with Gasteiger partial charge in [0.15, 0.2) is 0 Å². The van der Waals surface area contributed by atoms with Crippen LogP contribution in [0.15, 0.2) is 84.1 Å². The minimum absolute atomic E-state index is 0.313. The summed E-state index contributed by atoms with van der Waals surface area (Å²) < 4.78 is 7.45. The molecule has 4 rings (SSSR count). The van der Waals surface area contributed by atoms with Crippen molar-refractivity contribution in [2.75, 3.05) is 7.11 Å². The summed E-state index contributed by atoms with van der Waals surface area (Å²) in [5.41, 5.74) is 7.64. The topological polar surface area (TPSA) is 55.6 Å². The smallest absolute Gasteiger partial charge is 0.275 e. The molecule has 1 aromatic heterocycles. The molecule has 1 heterocycles. The van der Waals surface area contributed by atoms with E-state index in [1.54, 1.807) is 31.5 Å². The van der Waals surface area contributed by atoms with Crippen molar-refractivity contribution in [2.45, 2.75) is 13.5 Å². The second-order valence-electron chi connectivity index (χ2n) is 7.06. The number of nitrogens with zero attached hydrogens (tertiary/aromatic N) is 2. The predicted molar refractivity (Wildman–Crippen MR) is 120 cm³/mol. The van der Waals surface area contributed by atoms with Gasteiger partial charge in [0, 0.05) is 29.2 Å². The van der Waals surface area contributed by atoms with E-state index in [4.69, 9.17) is 4.74 Å². The number of ether oxygens (including phenoxy) is 1. The van der Waals surface area contributed by atoms with E-state index in [0.29, 0.717) is 11.3 Å². The Hall–Kier alpha value is -3.86.